The monoisotopic (exact) mass is 809 g/mol. The number of rotatable bonds is 14. The van der Waals surface area contributed by atoms with Crippen LogP contribution in [-0.2, 0) is 47.8 Å². The van der Waals surface area contributed by atoms with Gasteiger partial charge in [0.1, 0.15) is 24.3 Å². The molecule has 57 heavy (non-hydrogen) atoms. The fourth-order valence-corrected chi connectivity index (χ4v) is 7.35. The van der Waals surface area contributed by atoms with Crippen LogP contribution in [0.2, 0.25) is 0 Å². The van der Waals surface area contributed by atoms with Gasteiger partial charge in [0.2, 0.25) is 29.5 Å². The Bertz CT molecular complexity index is 1490. The molecule has 7 N–H and O–H groups in total. The molecule has 0 radical (unpaired) electrons. The van der Waals surface area contributed by atoms with Gasteiger partial charge in [-0.2, -0.15) is 0 Å². The summed E-state index contributed by atoms with van der Waals surface area (Å²) in [6.45, 7) is 6.14. The molecule has 4 heterocycles. The van der Waals surface area contributed by atoms with Gasteiger partial charge in [-0.05, 0) is 25.7 Å². The number of nitrogens with zero attached hydrogens (tertiary/aromatic N) is 5. The van der Waals surface area contributed by atoms with Gasteiger partial charge in [0.05, 0.1) is 45.2 Å². The number of carboxylic acid groups (broad SMARTS) is 1. The smallest absolute Gasteiger partial charge is 0.475 e. The molecule has 4 fully saturated rings. The van der Waals surface area contributed by atoms with E-state index in [0.29, 0.717) is 52.1 Å². The van der Waals surface area contributed by atoms with Crippen LogP contribution < -0.4 is 21.3 Å². The maximum absolute atomic E-state index is 13.1. The van der Waals surface area contributed by atoms with Gasteiger partial charge in [-0.15, -0.1) is 0 Å². The second kappa shape index (κ2) is 21.4. The van der Waals surface area contributed by atoms with Crippen LogP contribution in [0.15, 0.2) is 0 Å². The molecule has 0 spiro atoms. The first-order valence-corrected chi connectivity index (χ1v) is 19.3. The number of carbonyl (C=O) groups is 8. The Balaban J connectivity index is 1.26. The molecule has 318 valence electrons. The second-order valence-electron chi connectivity index (χ2n) is 15.3. The van der Waals surface area contributed by atoms with Crippen LogP contribution in [0.1, 0.15) is 33.6 Å². The van der Waals surface area contributed by atoms with Crippen LogP contribution in [0, 0.1) is 5.92 Å². The van der Waals surface area contributed by atoms with Crippen molar-refractivity contribution in [3.8, 4) is 0 Å². The molecule has 23 heteroatoms. The molecule has 0 aliphatic carbocycles. The summed E-state index contributed by atoms with van der Waals surface area (Å²) in [7, 11) is -1.71. The highest BCUT2D eigenvalue weighted by molar-refractivity contribution is 6.43. The van der Waals surface area contributed by atoms with E-state index in [2.05, 4.69) is 21.3 Å². The standard InChI is InChI=1S/C34H56BN9O13/c1-21(2)32(33(52)38-22(3)34(53)44-6-4-5-25(44)35(54)55)39-27(46)12-36-26(45)11-37-28(47)17-40-7-9-42-16-24(57-31(51)19-42)14-41(18-29(48)49)8-10-43-15-23(13-40)56-30(50)20-43/h21-25,32,54-55H,4-20H2,1-3H3,(H,36,45)(H,37,47)(H,38,52)(H,39,46)(H,48,49)/t22-,23?,24?,25+,32+/m1/s1. The molecule has 0 aromatic rings. The van der Waals surface area contributed by atoms with Crippen molar-refractivity contribution in [2.45, 2.75) is 63.8 Å². The highest BCUT2D eigenvalue weighted by Gasteiger charge is 2.39. The molecule has 5 amide bonds. The van der Waals surface area contributed by atoms with Crippen molar-refractivity contribution in [3.63, 3.8) is 0 Å². The van der Waals surface area contributed by atoms with Gasteiger partial charge >= 0.3 is 25.0 Å². The van der Waals surface area contributed by atoms with Crippen molar-refractivity contribution in [1.82, 2.24) is 45.8 Å². The third-order valence-electron chi connectivity index (χ3n) is 10.2. The number of hydrogen-bond acceptors (Lipinski definition) is 16. The number of carboxylic acids is 1. The van der Waals surface area contributed by atoms with Gasteiger partial charge in [0, 0.05) is 58.9 Å². The number of esters is 2. The maximum atomic E-state index is 13.1. The number of carbonyl (C=O) groups excluding carboxylic acids is 7. The molecule has 4 saturated heterocycles. The lowest BCUT2D eigenvalue weighted by Gasteiger charge is -2.39. The van der Waals surface area contributed by atoms with Gasteiger partial charge in [-0.25, -0.2) is 0 Å². The van der Waals surface area contributed by atoms with Crippen molar-refractivity contribution in [3.05, 3.63) is 0 Å². The molecule has 4 unspecified atom stereocenters. The van der Waals surface area contributed by atoms with E-state index in [1.54, 1.807) is 23.6 Å². The topological polar surface area (TPSA) is 280 Å². The maximum Gasteiger partial charge on any atom is 0.475 e. The normalized spacial score (nSPS) is 25.9. The second-order valence-corrected chi connectivity index (χ2v) is 15.3. The summed E-state index contributed by atoms with van der Waals surface area (Å²) >= 11 is 0. The number of likely N-dealkylation sites (tertiary alicyclic amines) is 1. The fraction of sp³-hybridized carbons (Fsp3) is 0.765. The lowest BCUT2D eigenvalue weighted by Crippen LogP contribution is -2.57. The zero-order valence-corrected chi connectivity index (χ0v) is 32.7. The third-order valence-corrected chi connectivity index (χ3v) is 10.2. The van der Waals surface area contributed by atoms with Crippen LogP contribution >= 0.6 is 0 Å². The van der Waals surface area contributed by atoms with Crippen LogP contribution in [-0.4, -0.2) is 223 Å². The van der Waals surface area contributed by atoms with Crippen molar-refractivity contribution < 1.29 is 63.0 Å². The Morgan fingerprint density at radius 1 is 0.737 bits per heavy atom. The van der Waals surface area contributed by atoms with E-state index in [-0.39, 0.29) is 45.8 Å². The molecular weight excluding hydrogens is 753 g/mol. The van der Waals surface area contributed by atoms with Gasteiger partial charge in [0.15, 0.2) is 0 Å². The summed E-state index contributed by atoms with van der Waals surface area (Å²) < 4.78 is 11.1. The predicted octanol–water partition coefficient (Wildman–Crippen LogP) is -5.98. The van der Waals surface area contributed by atoms with Crippen LogP contribution in [0.4, 0.5) is 0 Å². The van der Waals surface area contributed by atoms with Crippen molar-refractivity contribution in [2.75, 3.05) is 98.2 Å². The highest BCUT2D eigenvalue weighted by Crippen LogP contribution is 2.19. The average molecular weight is 810 g/mol. The Morgan fingerprint density at radius 3 is 1.82 bits per heavy atom. The summed E-state index contributed by atoms with van der Waals surface area (Å²) in [6.07, 6.45) is -0.171. The Labute approximate surface area is 331 Å². The third kappa shape index (κ3) is 14.5. The van der Waals surface area contributed by atoms with Crippen molar-refractivity contribution in [1.29, 1.82) is 0 Å². The minimum Gasteiger partial charge on any atom is -0.480 e. The molecule has 0 saturated carbocycles. The van der Waals surface area contributed by atoms with Gasteiger partial charge in [-0.1, -0.05) is 13.8 Å². The zero-order chi connectivity index (χ0) is 41.8. The Morgan fingerprint density at radius 2 is 1.28 bits per heavy atom. The fourth-order valence-electron chi connectivity index (χ4n) is 7.35. The molecule has 7 atom stereocenters. The summed E-state index contributed by atoms with van der Waals surface area (Å²) in [6, 6.07) is -2.06. The van der Waals surface area contributed by atoms with E-state index < -0.39 is 104 Å². The summed E-state index contributed by atoms with van der Waals surface area (Å²) in [5.74, 6) is -6.12. The summed E-state index contributed by atoms with van der Waals surface area (Å²) in [5.41, 5.74) is 0. The first-order chi connectivity index (χ1) is 27.0. The largest absolute Gasteiger partial charge is 0.480 e. The molecule has 4 aliphatic heterocycles. The van der Waals surface area contributed by atoms with Crippen LogP contribution in [0.5, 0.6) is 0 Å². The Hall–Kier alpha value is -4.42. The van der Waals surface area contributed by atoms with E-state index in [4.69, 9.17) is 9.47 Å². The van der Waals surface area contributed by atoms with Crippen LogP contribution in [0.3, 0.4) is 0 Å². The minimum absolute atomic E-state index is 0.00705. The summed E-state index contributed by atoms with van der Waals surface area (Å²) in [4.78, 5) is 109. The molecular formula is C34H56BN9O13. The molecule has 22 nitrogen and oxygen atoms in total. The molecule has 4 aliphatic rings. The lowest BCUT2D eigenvalue weighted by molar-refractivity contribution is -0.164. The lowest BCUT2D eigenvalue weighted by atomic mass is 9.78. The molecule has 0 aromatic heterocycles. The van der Waals surface area contributed by atoms with E-state index >= 15 is 0 Å². The number of amides is 5. The number of hydrogen-bond donors (Lipinski definition) is 7. The number of morpholine rings is 2. The molecule has 4 bridgehead atoms. The van der Waals surface area contributed by atoms with E-state index in [1.165, 1.54) is 11.8 Å². The first-order valence-electron chi connectivity index (χ1n) is 19.3. The molecule has 0 aromatic carbocycles. The SMILES string of the molecule is CC(C)[C@H](NC(=O)CNC(=O)CNC(=O)CN1CCN2CC(=O)OC(CN(CC(=O)O)CCN3CC(=O)OC(C1)C3)C2)C(=O)N[C@H](C)C(=O)N1CCC[C@H]1B(O)O. The Kier molecular flexibility index (Phi) is 17.0. The van der Waals surface area contributed by atoms with Gasteiger partial charge in [-0.3, -0.25) is 58.0 Å². The van der Waals surface area contributed by atoms with E-state index in [0.717, 1.165) is 0 Å². The van der Waals surface area contributed by atoms with E-state index in [9.17, 15) is 53.5 Å². The quantitative estimate of drug-likeness (QED) is 0.0635. The highest BCUT2D eigenvalue weighted by atomic mass is 16.6. The average Bonchev–Trinajstić information content (AvgIpc) is 3.62. The van der Waals surface area contributed by atoms with Gasteiger partial charge in [0.25, 0.3) is 0 Å². The number of fused-ring (bicyclic) bond motifs is 4. The molecule has 4 rings (SSSR count). The summed E-state index contributed by atoms with van der Waals surface area (Å²) in [5, 5.41) is 38.7. The van der Waals surface area contributed by atoms with Crippen molar-refractivity contribution >= 4 is 54.6 Å². The van der Waals surface area contributed by atoms with E-state index in [1.807, 2.05) is 9.80 Å². The van der Waals surface area contributed by atoms with Gasteiger partial charge < -0.3 is 50.8 Å². The number of ether oxygens (including phenoxy) is 2. The minimum atomic E-state index is -1.71. The number of nitrogens with one attached hydrogen (secondary N) is 4. The van der Waals surface area contributed by atoms with Crippen molar-refractivity contribution in [2.24, 2.45) is 5.92 Å². The van der Waals surface area contributed by atoms with Crippen LogP contribution in [0.25, 0.3) is 0 Å². The number of aliphatic carboxylic acids is 1. The zero-order valence-electron chi connectivity index (χ0n) is 32.7. The first kappa shape index (κ1) is 45.3. The predicted molar refractivity (Wildman–Crippen MR) is 198 cm³/mol.